The molecule has 0 amide bonds. The molecule has 5 heteroatoms. The van der Waals surface area contributed by atoms with Crippen LogP contribution in [-0.4, -0.2) is 24.3 Å². The molecule has 1 heterocycles. The van der Waals surface area contributed by atoms with Crippen LogP contribution in [0, 0.1) is 0 Å². The van der Waals surface area contributed by atoms with E-state index in [1.807, 2.05) is 36.6 Å². The minimum atomic E-state index is -0.332. The minimum absolute atomic E-state index is 0.332. The highest BCUT2D eigenvalue weighted by Crippen LogP contribution is 2.32. The Morgan fingerprint density at radius 1 is 1.35 bits per heavy atom. The Morgan fingerprint density at radius 3 is 2.65 bits per heavy atom. The second-order valence-corrected chi connectivity index (χ2v) is 5.27. The number of methoxy groups -OCH3 is 1. The van der Waals surface area contributed by atoms with Crippen molar-refractivity contribution in [3.8, 4) is 11.3 Å². The van der Waals surface area contributed by atoms with Crippen molar-refractivity contribution in [3.63, 3.8) is 0 Å². The number of esters is 1. The van der Waals surface area contributed by atoms with Crippen LogP contribution in [0.25, 0.3) is 11.3 Å². The Balaban J connectivity index is 2.52. The van der Waals surface area contributed by atoms with Crippen LogP contribution in [0.3, 0.4) is 0 Å². The maximum absolute atomic E-state index is 11.7. The zero-order valence-electron chi connectivity index (χ0n) is 9.47. The normalized spacial score (nSPS) is 10.2. The first kappa shape index (κ1) is 12.1. The van der Waals surface area contributed by atoms with E-state index in [1.54, 1.807) is 0 Å². The van der Waals surface area contributed by atoms with Gasteiger partial charge in [-0.15, -0.1) is 0 Å². The Bertz CT molecular complexity index is 523. The summed E-state index contributed by atoms with van der Waals surface area (Å²) in [7, 11) is 1.38. The van der Waals surface area contributed by atoms with Gasteiger partial charge in [0.1, 0.15) is 4.88 Å². The van der Waals surface area contributed by atoms with Gasteiger partial charge in [0.05, 0.1) is 12.8 Å². The fourth-order valence-corrected chi connectivity index (χ4v) is 2.91. The molecule has 0 atom stereocenters. The van der Waals surface area contributed by atoms with E-state index in [0.29, 0.717) is 10.6 Å². The van der Waals surface area contributed by atoms with Crippen molar-refractivity contribution in [1.29, 1.82) is 0 Å². The van der Waals surface area contributed by atoms with Gasteiger partial charge < -0.3 is 4.74 Å². The van der Waals surface area contributed by atoms with E-state index >= 15 is 0 Å². The second kappa shape index (κ2) is 5.33. The third-order valence-corrected chi connectivity index (χ3v) is 4.22. The number of nitrogens with zero attached hydrogens (tertiary/aromatic N) is 1. The molecule has 17 heavy (non-hydrogen) atoms. The van der Waals surface area contributed by atoms with Crippen LogP contribution in [0.5, 0.6) is 0 Å². The van der Waals surface area contributed by atoms with E-state index in [-0.39, 0.29) is 5.97 Å². The lowest BCUT2D eigenvalue weighted by Gasteiger charge is -1.99. The van der Waals surface area contributed by atoms with E-state index in [0.717, 1.165) is 9.90 Å². The maximum atomic E-state index is 11.7. The number of rotatable bonds is 3. The van der Waals surface area contributed by atoms with E-state index in [9.17, 15) is 4.79 Å². The van der Waals surface area contributed by atoms with Gasteiger partial charge in [0.25, 0.3) is 0 Å². The molecule has 88 valence electrons. The Hall–Kier alpha value is -1.33. The minimum Gasteiger partial charge on any atom is -0.465 e. The lowest BCUT2D eigenvalue weighted by molar-refractivity contribution is 0.0607. The molecule has 1 aromatic heterocycles. The van der Waals surface area contributed by atoms with Crippen molar-refractivity contribution in [2.75, 3.05) is 13.4 Å². The highest BCUT2D eigenvalue weighted by atomic mass is 32.2. The number of carbonyl (C=O) groups excluding carboxylic acids is 1. The number of carbonyl (C=O) groups is 1. The summed E-state index contributed by atoms with van der Waals surface area (Å²) >= 11 is 2.89. The quantitative estimate of drug-likeness (QED) is 0.630. The molecule has 0 saturated carbocycles. The number of thioether (sulfide) groups is 1. The van der Waals surface area contributed by atoms with Gasteiger partial charge in [0.15, 0.2) is 4.34 Å². The molecule has 0 radical (unpaired) electrons. The van der Waals surface area contributed by atoms with E-state index in [4.69, 9.17) is 4.74 Å². The first-order valence-electron chi connectivity index (χ1n) is 4.95. The smallest absolute Gasteiger partial charge is 0.350 e. The van der Waals surface area contributed by atoms with Gasteiger partial charge in [-0.1, -0.05) is 53.4 Å². The number of thiazole rings is 1. The SMILES string of the molecule is COC(=O)c1sc(SC)nc1-c1ccccc1. The van der Waals surface area contributed by atoms with Crippen LogP contribution in [0.4, 0.5) is 0 Å². The van der Waals surface area contributed by atoms with Crippen molar-refractivity contribution in [2.24, 2.45) is 0 Å². The van der Waals surface area contributed by atoms with Crippen molar-refractivity contribution in [2.45, 2.75) is 4.34 Å². The fourth-order valence-electron chi connectivity index (χ4n) is 1.41. The Morgan fingerprint density at radius 2 is 2.06 bits per heavy atom. The molecule has 0 N–H and O–H groups in total. The van der Waals surface area contributed by atoms with Gasteiger partial charge in [0.2, 0.25) is 0 Å². The molecule has 2 rings (SSSR count). The average molecular weight is 265 g/mol. The largest absolute Gasteiger partial charge is 0.465 e. The molecule has 0 saturated heterocycles. The molecule has 2 aromatic rings. The van der Waals surface area contributed by atoms with Crippen molar-refractivity contribution in [3.05, 3.63) is 35.2 Å². The number of aromatic nitrogens is 1. The third kappa shape index (κ3) is 2.50. The zero-order valence-corrected chi connectivity index (χ0v) is 11.1. The molecular weight excluding hydrogens is 254 g/mol. The number of hydrogen-bond acceptors (Lipinski definition) is 5. The van der Waals surface area contributed by atoms with Gasteiger partial charge in [-0.05, 0) is 6.26 Å². The molecule has 0 aliphatic heterocycles. The van der Waals surface area contributed by atoms with Gasteiger partial charge in [-0.25, -0.2) is 9.78 Å². The molecule has 0 fully saturated rings. The summed E-state index contributed by atoms with van der Waals surface area (Å²) in [6.45, 7) is 0. The van der Waals surface area contributed by atoms with Crippen LogP contribution in [0.1, 0.15) is 9.67 Å². The predicted octanol–water partition coefficient (Wildman–Crippen LogP) is 3.32. The van der Waals surface area contributed by atoms with Crippen molar-refractivity contribution in [1.82, 2.24) is 4.98 Å². The summed E-state index contributed by atoms with van der Waals surface area (Å²) < 4.78 is 5.64. The van der Waals surface area contributed by atoms with Gasteiger partial charge in [-0.2, -0.15) is 0 Å². The van der Waals surface area contributed by atoms with Crippen LogP contribution < -0.4 is 0 Å². The standard InChI is InChI=1S/C12H11NO2S2/c1-15-11(14)10-9(13-12(16-2)17-10)8-6-4-3-5-7-8/h3-7H,1-2H3. The number of benzene rings is 1. The molecular formula is C12H11NO2S2. The van der Waals surface area contributed by atoms with Gasteiger partial charge in [-0.3, -0.25) is 0 Å². The van der Waals surface area contributed by atoms with Crippen LogP contribution >= 0.6 is 23.1 Å². The molecule has 0 aliphatic rings. The van der Waals surface area contributed by atoms with Crippen LogP contribution in [-0.2, 0) is 4.74 Å². The van der Waals surface area contributed by atoms with E-state index < -0.39 is 0 Å². The highest BCUT2D eigenvalue weighted by molar-refractivity contribution is 8.00. The summed E-state index contributed by atoms with van der Waals surface area (Å²) in [5, 5.41) is 0. The molecule has 0 bridgehead atoms. The molecule has 0 aliphatic carbocycles. The first-order valence-corrected chi connectivity index (χ1v) is 6.99. The summed E-state index contributed by atoms with van der Waals surface area (Å²) in [4.78, 5) is 16.7. The number of hydrogen-bond donors (Lipinski definition) is 0. The van der Waals surface area contributed by atoms with Gasteiger partial charge >= 0.3 is 5.97 Å². The molecule has 0 spiro atoms. The lowest BCUT2D eigenvalue weighted by atomic mass is 10.1. The summed E-state index contributed by atoms with van der Waals surface area (Å²) in [5.41, 5.74) is 1.64. The molecule has 3 nitrogen and oxygen atoms in total. The second-order valence-electron chi connectivity index (χ2n) is 3.22. The van der Waals surface area contributed by atoms with Crippen molar-refractivity contribution < 1.29 is 9.53 Å². The predicted molar refractivity (Wildman–Crippen MR) is 70.7 cm³/mol. The third-order valence-electron chi connectivity index (χ3n) is 2.20. The zero-order chi connectivity index (χ0) is 12.3. The van der Waals surface area contributed by atoms with E-state index in [1.165, 1.54) is 30.2 Å². The number of ether oxygens (including phenoxy) is 1. The van der Waals surface area contributed by atoms with Gasteiger partial charge in [0, 0.05) is 5.56 Å². The lowest BCUT2D eigenvalue weighted by Crippen LogP contribution is -2.00. The topological polar surface area (TPSA) is 39.2 Å². The van der Waals surface area contributed by atoms with Crippen LogP contribution in [0.15, 0.2) is 34.7 Å². The van der Waals surface area contributed by atoms with E-state index in [2.05, 4.69) is 4.98 Å². The Labute approximate surface area is 108 Å². The molecule has 1 aromatic carbocycles. The Kier molecular flexibility index (Phi) is 3.81. The first-order chi connectivity index (χ1) is 8.26. The van der Waals surface area contributed by atoms with Crippen LogP contribution in [0.2, 0.25) is 0 Å². The summed E-state index contributed by atoms with van der Waals surface area (Å²) in [6, 6.07) is 9.66. The fraction of sp³-hybridized carbons (Fsp3) is 0.167. The summed E-state index contributed by atoms with van der Waals surface area (Å²) in [6.07, 6.45) is 1.94. The van der Waals surface area contributed by atoms with Crippen molar-refractivity contribution >= 4 is 29.1 Å². The monoisotopic (exact) mass is 265 g/mol. The highest BCUT2D eigenvalue weighted by Gasteiger charge is 2.19. The maximum Gasteiger partial charge on any atom is 0.350 e. The molecule has 0 unspecified atom stereocenters. The summed E-state index contributed by atoms with van der Waals surface area (Å²) in [5.74, 6) is -0.332. The average Bonchev–Trinajstić information content (AvgIpc) is 2.83.